The van der Waals surface area contributed by atoms with Crippen molar-refractivity contribution in [2.45, 2.75) is 25.8 Å². The van der Waals surface area contributed by atoms with Crippen LogP contribution in [0.4, 0.5) is 0 Å². The number of oxazole rings is 1. The Kier molecular flexibility index (Phi) is 5.04. The van der Waals surface area contributed by atoms with E-state index in [2.05, 4.69) is 15.0 Å². The summed E-state index contributed by atoms with van der Waals surface area (Å²) in [6.07, 6.45) is 0.915. The van der Waals surface area contributed by atoms with E-state index in [1.807, 2.05) is 0 Å². The van der Waals surface area contributed by atoms with Crippen molar-refractivity contribution in [2.24, 2.45) is 0 Å². The Bertz CT molecular complexity index is 481. The summed E-state index contributed by atoms with van der Waals surface area (Å²) in [5.41, 5.74) is 0.356. The molecular weight excluding hydrogens is 256 g/mol. The molecule has 1 atom stereocenters. The Balaban J connectivity index is 2.64. The van der Waals surface area contributed by atoms with Gasteiger partial charge in [-0.1, -0.05) is 0 Å². The van der Waals surface area contributed by atoms with Gasteiger partial charge >= 0.3 is 11.9 Å². The van der Waals surface area contributed by atoms with Crippen LogP contribution in [-0.4, -0.2) is 41.1 Å². The number of hydrogen-bond acceptors (Lipinski definition) is 6. The maximum atomic E-state index is 11.7. The highest BCUT2D eigenvalue weighted by molar-refractivity contribution is 5.95. The number of carbonyl (C=O) groups excluding carboxylic acids is 2. The maximum Gasteiger partial charge on any atom is 0.326 e. The molecule has 2 N–H and O–H groups in total. The summed E-state index contributed by atoms with van der Waals surface area (Å²) in [4.78, 5) is 37.4. The average molecular weight is 270 g/mol. The second kappa shape index (κ2) is 6.53. The minimum absolute atomic E-state index is 0.0516. The molecule has 8 nitrogen and oxygen atoms in total. The Hall–Kier alpha value is -2.38. The van der Waals surface area contributed by atoms with E-state index >= 15 is 0 Å². The summed E-state index contributed by atoms with van der Waals surface area (Å²) in [6.45, 7) is 1.56. The fourth-order valence-electron chi connectivity index (χ4n) is 1.37. The van der Waals surface area contributed by atoms with Crippen molar-refractivity contribution in [1.82, 2.24) is 10.3 Å². The van der Waals surface area contributed by atoms with Gasteiger partial charge in [0.25, 0.3) is 5.91 Å². The zero-order chi connectivity index (χ0) is 14.4. The van der Waals surface area contributed by atoms with Gasteiger partial charge in [-0.15, -0.1) is 0 Å². The monoisotopic (exact) mass is 270 g/mol. The summed E-state index contributed by atoms with van der Waals surface area (Å²) >= 11 is 0. The summed E-state index contributed by atoms with van der Waals surface area (Å²) in [7, 11) is 1.20. The van der Waals surface area contributed by atoms with Gasteiger partial charge in [-0.2, -0.15) is 0 Å². The lowest BCUT2D eigenvalue weighted by Gasteiger charge is -2.12. The lowest BCUT2D eigenvalue weighted by Crippen LogP contribution is -2.41. The number of aryl methyl sites for hydroxylation is 1. The number of esters is 1. The number of rotatable bonds is 6. The van der Waals surface area contributed by atoms with Crippen LogP contribution >= 0.6 is 0 Å². The predicted molar refractivity (Wildman–Crippen MR) is 61.4 cm³/mol. The van der Waals surface area contributed by atoms with Gasteiger partial charge < -0.3 is 19.6 Å². The van der Waals surface area contributed by atoms with Gasteiger partial charge in [-0.05, 0) is 13.3 Å². The van der Waals surface area contributed by atoms with Crippen LogP contribution in [-0.2, 0) is 14.3 Å². The van der Waals surface area contributed by atoms with Crippen molar-refractivity contribution < 1.29 is 28.6 Å². The Labute approximate surface area is 108 Å². The van der Waals surface area contributed by atoms with Gasteiger partial charge in [0.2, 0.25) is 5.76 Å². The maximum absolute atomic E-state index is 11.7. The minimum Gasteiger partial charge on any atom is -0.480 e. The van der Waals surface area contributed by atoms with E-state index in [1.54, 1.807) is 6.92 Å². The van der Waals surface area contributed by atoms with Crippen molar-refractivity contribution in [3.05, 3.63) is 17.8 Å². The van der Waals surface area contributed by atoms with Gasteiger partial charge in [-0.25, -0.2) is 9.78 Å². The molecule has 1 amide bonds. The van der Waals surface area contributed by atoms with Gasteiger partial charge in [0.05, 0.1) is 12.8 Å². The lowest BCUT2D eigenvalue weighted by atomic mass is 10.1. The molecule has 1 aromatic rings. The number of carboxylic acids is 1. The van der Waals surface area contributed by atoms with Crippen molar-refractivity contribution in [3.63, 3.8) is 0 Å². The Morgan fingerprint density at radius 1 is 1.53 bits per heavy atom. The first-order valence-electron chi connectivity index (χ1n) is 5.46. The largest absolute Gasteiger partial charge is 0.480 e. The molecule has 0 aliphatic heterocycles. The first kappa shape index (κ1) is 14.7. The van der Waals surface area contributed by atoms with E-state index in [4.69, 9.17) is 9.52 Å². The fraction of sp³-hybridized carbons (Fsp3) is 0.455. The van der Waals surface area contributed by atoms with Crippen molar-refractivity contribution in [3.8, 4) is 0 Å². The van der Waals surface area contributed by atoms with Crippen LogP contribution in [0.2, 0.25) is 0 Å². The highest BCUT2D eigenvalue weighted by Crippen LogP contribution is 2.07. The highest BCUT2D eigenvalue weighted by atomic mass is 16.5. The molecule has 0 aliphatic rings. The quantitative estimate of drug-likeness (QED) is 0.704. The number of amides is 1. The minimum atomic E-state index is -1.24. The van der Waals surface area contributed by atoms with Crippen LogP contribution in [0.3, 0.4) is 0 Å². The highest BCUT2D eigenvalue weighted by Gasteiger charge is 2.24. The fourth-order valence-corrected chi connectivity index (χ4v) is 1.37. The third-order valence-corrected chi connectivity index (χ3v) is 2.42. The van der Waals surface area contributed by atoms with Gasteiger partial charge in [0.1, 0.15) is 6.04 Å². The van der Waals surface area contributed by atoms with Crippen LogP contribution in [0.5, 0.6) is 0 Å². The first-order chi connectivity index (χ1) is 8.95. The molecule has 0 saturated heterocycles. The zero-order valence-electron chi connectivity index (χ0n) is 10.5. The average Bonchev–Trinajstić information content (AvgIpc) is 2.79. The van der Waals surface area contributed by atoms with Crippen molar-refractivity contribution >= 4 is 17.8 Å². The number of aliphatic carboxylic acids is 1. The molecule has 0 radical (unpaired) electrons. The summed E-state index contributed by atoms with van der Waals surface area (Å²) < 4.78 is 9.25. The molecule has 0 fully saturated rings. The lowest BCUT2D eigenvalue weighted by molar-refractivity contribution is -0.142. The van der Waals surface area contributed by atoms with E-state index in [0.717, 1.165) is 6.39 Å². The molecule has 0 aromatic carbocycles. The Morgan fingerprint density at radius 3 is 2.68 bits per heavy atom. The van der Waals surface area contributed by atoms with Crippen LogP contribution in [0.15, 0.2) is 10.8 Å². The topological polar surface area (TPSA) is 119 Å². The van der Waals surface area contributed by atoms with E-state index in [0.29, 0.717) is 5.69 Å². The van der Waals surface area contributed by atoms with Crippen LogP contribution in [0.25, 0.3) is 0 Å². The number of ether oxygens (including phenoxy) is 1. The van der Waals surface area contributed by atoms with E-state index < -0.39 is 23.9 Å². The third-order valence-electron chi connectivity index (χ3n) is 2.42. The molecule has 0 bridgehead atoms. The third kappa shape index (κ3) is 4.09. The smallest absolute Gasteiger partial charge is 0.326 e. The molecule has 0 saturated carbocycles. The molecular formula is C11H14N2O6. The molecule has 19 heavy (non-hydrogen) atoms. The van der Waals surface area contributed by atoms with E-state index in [1.165, 1.54) is 7.11 Å². The van der Waals surface area contributed by atoms with Crippen molar-refractivity contribution in [1.29, 1.82) is 0 Å². The number of carbonyl (C=O) groups is 3. The van der Waals surface area contributed by atoms with Gasteiger partial charge in [0.15, 0.2) is 6.39 Å². The second-order valence-electron chi connectivity index (χ2n) is 3.75. The Morgan fingerprint density at radius 2 is 2.21 bits per heavy atom. The number of aromatic nitrogens is 1. The number of hydrogen-bond donors (Lipinski definition) is 2. The zero-order valence-corrected chi connectivity index (χ0v) is 10.5. The van der Waals surface area contributed by atoms with E-state index in [-0.39, 0.29) is 18.6 Å². The molecule has 1 aromatic heterocycles. The van der Waals surface area contributed by atoms with Crippen LogP contribution < -0.4 is 5.32 Å². The number of methoxy groups -OCH3 is 1. The van der Waals surface area contributed by atoms with Crippen molar-refractivity contribution in [2.75, 3.05) is 7.11 Å². The molecule has 1 rings (SSSR count). The predicted octanol–water partition coefficient (Wildman–Crippen LogP) is 0.119. The van der Waals surface area contributed by atoms with Gasteiger partial charge in [0, 0.05) is 6.42 Å². The van der Waals surface area contributed by atoms with Gasteiger partial charge in [-0.3, -0.25) is 9.59 Å². The number of nitrogens with zero attached hydrogens (tertiary/aromatic N) is 1. The van der Waals surface area contributed by atoms with Crippen LogP contribution in [0, 0.1) is 6.92 Å². The van der Waals surface area contributed by atoms with E-state index in [9.17, 15) is 14.4 Å². The van der Waals surface area contributed by atoms with Crippen LogP contribution in [0.1, 0.15) is 29.1 Å². The first-order valence-corrected chi connectivity index (χ1v) is 5.46. The molecule has 0 spiro atoms. The molecule has 104 valence electrons. The summed E-state index contributed by atoms with van der Waals surface area (Å²) in [5.74, 6) is -2.53. The molecule has 8 heteroatoms. The second-order valence-corrected chi connectivity index (χ2v) is 3.75. The summed E-state index contributed by atoms with van der Waals surface area (Å²) in [5, 5.41) is 11.2. The molecule has 1 heterocycles. The SMILES string of the molecule is COC(=O)CCC(NC(=O)c1ocnc1C)C(=O)O. The summed E-state index contributed by atoms with van der Waals surface area (Å²) in [6, 6.07) is -1.20. The number of carboxylic acid groups (broad SMARTS) is 1. The molecule has 0 aliphatic carbocycles. The molecule has 1 unspecified atom stereocenters. The number of nitrogens with one attached hydrogen (secondary N) is 1. The normalized spacial score (nSPS) is 11.7. The standard InChI is InChI=1S/C11H14N2O6/c1-6-9(19-5-12-6)10(15)13-7(11(16)17)3-4-8(14)18-2/h5,7H,3-4H2,1-2H3,(H,13,15)(H,16,17).